The van der Waals surface area contributed by atoms with Gasteiger partial charge in [0.05, 0.1) is 6.42 Å². The van der Waals surface area contributed by atoms with Gasteiger partial charge < -0.3 is 4.74 Å². The van der Waals surface area contributed by atoms with Crippen LogP contribution < -0.4 is 0 Å². The summed E-state index contributed by atoms with van der Waals surface area (Å²) in [7, 11) is 0. The molecule has 2 nitrogen and oxygen atoms in total. The second-order valence-corrected chi connectivity index (χ2v) is 3.13. The largest absolute Gasteiger partial charge is 0.461 e. The first-order valence-electron chi connectivity index (χ1n) is 4.52. The van der Waals surface area contributed by atoms with Crippen LogP contribution in [0.5, 0.6) is 0 Å². The smallest absolute Gasteiger partial charge is 0.309 e. The van der Waals surface area contributed by atoms with Crippen LogP contribution in [0.1, 0.15) is 18.9 Å². The van der Waals surface area contributed by atoms with Crippen LogP contribution in [0.2, 0.25) is 0 Å². The first-order valence-corrected chi connectivity index (χ1v) is 4.52. The molecule has 0 saturated carbocycles. The summed E-state index contributed by atoms with van der Waals surface area (Å²) >= 11 is 0. The molecular weight excluding hydrogens is 183 g/mol. The summed E-state index contributed by atoms with van der Waals surface area (Å²) in [5.74, 6) is -0.496. The maximum atomic E-state index is 12.4. The molecule has 1 unspecified atom stereocenters. The third-order valence-corrected chi connectivity index (χ3v) is 1.69. The van der Waals surface area contributed by atoms with Gasteiger partial charge in [-0.05, 0) is 12.5 Å². The van der Waals surface area contributed by atoms with Gasteiger partial charge in [-0.1, -0.05) is 30.3 Å². The molecule has 1 atom stereocenters. The summed E-state index contributed by atoms with van der Waals surface area (Å²) in [6.45, 7) is 1.55. The maximum Gasteiger partial charge on any atom is 0.309 e. The van der Waals surface area contributed by atoms with Crippen LogP contribution in [0.25, 0.3) is 0 Å². The molecule has 0 amide bonds. The Labute approximate surface area is 82.7 Å². The van der Waals surface area contributed by atoms with Gasteiger partial charge in [0.2, 0.25) is 0 Å². The van der Waals surface area contributed by atoms with Gasteiger partial charge in [-0.15, -0.1) is 0 Å². The third-order valence-electron chi connectivity index (χ3n) is 1.69. The summed E-state index contributed by atoms with van der Waals surface area (Å²) < 4.78 is 17.2. The molecule has 0 aliphatic heterocycles. The molecule has 76 valence electrons. The third kappa shape index (κ3) is 4.03. The summed E-state index contributed by atoms with van der Waals surface area (Å²) in [4.78, 5) is 11.0. The van der Waals surface area contributed by atoms with Crippen LogP contribution in [0.15, 0.2) is 30.3 Å². The minimum atomic E-state index is -1.14. The highest BCUT2D eigenvalue weighted by atomic mass is 19.1. The molecule has 0 radical (unpaired) electrons. The second kappa shape index (κ2) is 5.37. The number of alkyl halides is 1. The van der Waals surface area contributed by atoms with Crippen molar-refractivity contribution in [3.05, 3.63) is 35.9 Å². The van der Waals surface area contributed by atoms with E-state index in [1.54, 1.807) is 0 Å². The van der Waals surface area contributed by atoms with Crippen LogP contribution in [-0.4, -0.2) is 12.1 Å². The zero-order valence-electron chi connectivity index (χ0n) is 8.07. The molecule has 1 aromatic carbocycles. The molecule has 1 aromatic rings. The number of esters is 1. The minimum absolute atomic E-state index is 0.174. The molecule has 0 aliphatic rings. The van der Waals surface area contributed by atoms with Gasteiger partial charge >= 0.3 is 5.97 Å². The lowest BCUT2D eigenvalue weighted by atomic mass is 10.2. The van der Waals surface area contributed by atoms with Gasteiger partial charge in [0.15, 0.2) is 0 Å². The van der Waals surface area contributed by atoms with Crippen LogP contribution in [0.4, 0.5) is 4.39 Å². The van der Waals surface area contributed by atoms with Crippen molar-refractivity contribution in [3.63, 3.8) is 0 Å². The normalized spacial score (nSPS) is 12.1. The average Bonchev–Trinajstić information content (AvgIpc) is 2.15. The van der Waals surface area contributed by atoms with Gasteiger partial charge in [-0.25, -0.2) is 4.39 Å². The van der Waals surface area contributed by atoms with E-state index in [0.717, 1.165) is 5.56 Å². The monoisotopic (exact) mass is 196 g/mol. The lowest BCUT2D eigenvalue weighted by Gasteiger charge is -2.04. The van der Waals surface area contributed by atoms with E-state index < -0.39 is 12.1 Å². The molecular formula is C11H13FO2. The molecule has 0 fully saturated rings. The van der Waals surface area contributed by atoms with Crippen molar-refractivity contribution >= 4 is 5.97 Å². The number of hydrogen-bond acceptors (Lipinski definition) is 2. The lowest BCUT2D eigenvalue weighted by molar-refractivity contribution is -0.146. The van der Waals surface area contributed by atoms with E-state index >= 15 is 0 Å². The van der Waals surface area contributed by atoms with Crippen molar-refractivity contribution in [1.82, 2.24) is 0 Å². The number of benzene rings is 1. The number of carbonyl (C=O) groups excluding carboxylic acids is 1. The quantitative estimate of drug-likeness (QED) is 0.691. The Balaban J connectivity index is 2.31. The Morgan fingerprint density at radius 1 is 1.43 bits per heavy atom. The first-order chi connectivity index (χ1) is 6.68. The molecule has 14 heavy (non-hydrogen) atoms. The van der Waals surface area contributed by atoms with Crippen LogP contribution in [0, 0.1) is 0 Å². The van der Waals surface area contributed by atoms with Crippen molar-refractivity contribution in [2.75, 3.05) is 0 Å². The number of ether oxygens (including phenoxy) is 1. The zero-order chi connectivity index (χ0) is 10.4. The first kappa shape index (κ1) is 10.7. The number of rotatable bonds is 4. The summed E-state index contributed by atoms with van der Waals surface area (Å²) in [6, 6.07) is 9.31. The van der Waals surface area contributed by atoms with Crippen molar-refractivity contribution in [3.8, 4) is 0 Å². The van der Waals surface area contributed by atoms with Gasteiger partial charge in [0.25, 0.3) is 0 Å². The topological polar surface area (TPSA) is 26.3 Å². The molecule has 0 saturated heterocycles. The Hall–Kier alpha value is -1.38. The molecule has 1 rings (SSSR count). The van der Waals surface area contributed by atoms with E-state index in [4.69, 9.17) is 4.74 Å². The van der Waals surface area contributed by atoms with Crippen molar-refractivity contribution < 1.29 is 13.9 Å². The van der Waals surface area contributed by atoms with Gasteiger partial charge in [0, 0.05) is 0 Å². The van der Waals surface area contributed by atoms with Crippen molar-refractivity contribution in [2.24, 2.45) is 0 Å². The number of hydrogen-bond donors (Lipinski definition) is 0. The van der Waals surface area contributed by atoms with E-state index in [-0.39, 0.29) is 13.0 Å². The van der Waals surface area contributed by atoms with Crippen LogP contribution in [0.3, 0.4) is 0 Å². The standard InChI is InChI=1S/C11H13FO2/c1-9(12)7-11(13)14-8-10-5-3-2-4-6-10/h2-6,9H,7-8H2,1H3. The Morgan fingerprint density at radius 2 is 2.07 bits per heavy atom. The average molecular weight is 196 g/mol. The van der Waals surface area contributed by atoms with E-state index in [2.05, 4.69) is 0 Å². The molecule has 0 heterocycles. The molecule has 0 aromatic heterocycles. The second-order valence-electron chi connectivity index (χ2n) is 3.13. The fraction of sp³-hybridized carbons (Fsp3) is 0.364. The molecule has 0 bridgehead atoms. The van der Waals surface area contributed by atoms with Crippen molar-refractivity contribution in [1.29, 1.82) is 0 Å². The fourth-order valence-electron chi connectivity index (χ4n) is 1.03. The molecule has 0 N–H and O–H groups in total. The fourth-order valence-corrected chi connectivity index (χ4v) is 1.03. The highest BCUT2D eigenvalue weighted by Crippen LogP contribution is 2.03. The van der Waals surface area contributed by atoms with Gasteiger partial charge in [0.1, 0.15) is 12.8 Å². The SMILES string of the molecule is CC(F)CC(=O)OCc1ccccc1. The van der Waals surface area contributed by atoms with E-state index in [1.165, 1.54) is 6.92 Å². The van der Waals surface area contributed by atoms with Crippen molar-refractivity contribution in [2.45, 2.75) is 26.1 Å². The lowest BCUT2D eigenvalue weighted by Crippen LogP contribution is -2.09. The highest BCUT2D eigenvalue weighted by molar-refractivity contribution is 5.69. The Kier molecular flexibility index (Phi) is 4.11. The Morgan fingerprint density at radius 3 is 2.64 bits per heavy atom. The molecule has 0 aliphatic carbocycles. The van der Waals surface area contributed by atoms with Gasteiger partial charge in [-0.2, -0.15) is 0 Å². The Bertz CT molecular complexity index is 283. The summed E-state index contributed by atoms with van der Waals surface area (Å²) in [6.07, 6.45) is -1.31. The highest BCUT2D eigenvalue weighted by Gasteiger charge is 2.08. The minimum Gasteiger partial charge on any atom is -0.461 e. The summed E-state index contributed by atoms with van der Waals surface area (Å²) in [5.41, 5.74) is 0.910. The molecule has 3 heteroatoms. The summed E-state index contributed by atoms with van der Waals surface area (Å²) in [5, 5.41) is 0. The number of carbonyl (C=O) groups is 1. The zero-order valence-corrected chi connectivity index (χ0v) is 8.07. The maximum absolute atomic E-state index is 12.4. The molecule has 0 spiro atoms. The van der Waals surface area contributed by atoms with E-state index in [0.29, 0.717) is 0 Å². The number of halogens is 1. The van der Waals surface area contributed by atoms with Gasteiger partial charge in [-0.3, -0.25) is 4.79 Å². The predicted octanol–water partition coefficient (Wildman–Crippen LogP) is 2.48. The predicted molar refractivity (Wildman–Crippen MR) is 51.4 cm³/mol. The van der Waals surface area contributed by atoms with Crippen LogP contribution >= 0.6 is 0 Å². The van der Waals surface area contributed by atoms with E-state index in [9.17, 15) is 9.18 Å². The van der Waals surface area contributed by atoms with E-state index in [1.807, 2.05) is 30.3 Å². The van der Waals surface area contributed by atoms with Crippen LogP contribution in [-0.2, 0) is 16.1 Å².